The zero-order valence-corrected chi connectivity index (χ0v) is 12.4. The Morgan fingerprint density at radius 3 is 2.70 bits per heavy atom. The maximum Gasteiger partial charge on any atom is 0.169 e. The molecule has 1 aromatic carbocycles. The Hall–Kier alpha value is -1.69. The molecular formula is C14H13BrF2N2O. The van der Waals surface area contributed by atoms with Crippen molar-refractivity contribution in [3.05, 3.63) is 52.1 Å². The molecule has 0 fully saturated rings. The topological polar surface area (TPSA) is 34.1 Å². The Morgan fingerprint density at radius 1 is 1.30 bits per heavy atom. The molecule has 0 aliphatic heterocycles. The number of aromatic nitrogens is 1. The molecule has 1 aromatic heterocycles. The number of anilines is 1. The quantitative estimate of drug-likeness (QED) is 0.886. The first-order chi connectivity index (χ1) is 9.60. The summed E-state index contributed by atoms with van der Waals surface area (Å²) in [5.41, 5.74) is 0.794. The molecule has 1 N–H and O–H groups in total. The summed E-state index contributed by atoms with van der Waals surface area (Å²) in [4.78, 5) is 4.18. The molecule has 0 unspecified atom stereocenters. The third-order valence-corrected chi connectivity index (χ3v) is 3.12. The van der Waals surface area contributed by atoms with Gasteiger partial charge in [-0.05, 0) is 35.0 Å². The first-order valence-corrected chi connectivity index (χ1v) is 6.85. The minimum Gasteiger partial charge on any atom is -0.485 e. The number of hydrogen-bond acceptors (Lipinski definition) is 3. The van der Waals surface area contributed by atoms with E-state index in [2.05, 4.69) is 26.2 Å². The maximum atomic E-state index is 13.6. The number of pyridine rings is 1. The zero-order valence-electron chi connectivity index (χ0n) is 10.8. The molecule has 0 bridgehead atoms. The minimum absolute atomic E-state index is 0.0119. The third kappa shape index (κ3) is 3.66. The van der Waals surface area contributed by atoms with Crippen molar-refractivity contribution in [1.29, 1.82) is 0 Å². The van der Waals surface area contributed by atoms with Crippen LogP contribution in [0.1, 0.15) is 12.5 Å². The van der Waals surface area contributed by atoms with Crippen LogP contribution in [-0.4, -0.2) is 11.5 Å². The van der Waals surface area contributed by atoms with E-state index in [1.54, 1.807) is 6.20 Å². The fraction of sp³-hybridized carbons (Fsp3) is 0.214. The van der Waals surface area contributed by atoms with Crippen molar-refractivity contribution < 1.29 is 13.5 Å². The monoisotopic (exact) mass is 342 g/mol. The second kappa shape index (κ2) is 6.65. The molecule has 0 radical (unpaired) electrons. The largest absolute Gasteiger partial charge is 0.485 e. The van der Waals surface area contributed by atoms with Crippen LogP contribution in [0.15, 0.2) is 34.9 Å². The Kier molecular flexibility index (Phi) is 4.89. The predicted octanol–water partition coefficient (Wildman–Crippen LogP) is 4.13. The lowest BCUT2D eigenvalue weighted by Gasteiger charge is -2.10. The highest BCUT2D eigenvalue weighted by atomic mass is 79.9. The van der Waals surface area contributed by atoms with Crippen LogP contribution in [-0.2, 0) is 6.61 Å². The first-order valence-electron chi connectivity index (χ1n) is 6.06. The van der Waals surface area contributed by atoms with Crippen molar-refractivity contribution in [3.63, 3.8) is 0 Å². The third-order valence-electron chi connectivity index (χ3n) is 2.53. The van der Waals surface area contributed by atoms with E-state index in [-0.39, 0.29) is 16.8 Å². The molecule has 0 amide bonds. The van der Waals surface area contributed by atoms with Crippen molar-refractivity contribution in [3.8, 4) is 5.75 Å². The molecule has 6 heteroatoms. The number of benzene rings is 1. The number of hydrogen-bond donors (Lipinski definition) is 1. The van der Waals surface area contributed by atoms with Crippen LogP contribution in [0.3, 0.4) is 0 Å². The number of nitrogens with zero attached hydrogens (tertiary/aromatic N) is 1. The van der Waals surface area contributed by atoms with Gasteiger partial charge in [0.05, 0.1) is 4.47 Å². The molecule has 1 heterocycles. The summed E-state index contributed by atoms with van der Waals surface area (Å²) in [7, 11) is 0. The van der Waals surface area contributed by atoms with Crippen LogP contribution in [0.2, 0.25) is 0 Å². The zero-order chi connectivity index (χ0) is 14.5. The second-order valence-corrected chi connectivity index (χ2v) is 4.92. The van der Waals surface area contributed by atoms with E-state index in [1.807, 2.05) is 19.1 Å². The van der Waals surface area contributed by atoms with E-state index < -0.39 is 11.6 Å². The van der Waals surface area contributed by atoms with Gasteiger partial charge in [0, 0.05) is 24.4 Å². The van der Waals surface area contributed by atoms with Gasteiger partial charge in [-0.15, -0.1) is 0 Å². The van der Waals surface area contributed by atoms with E-state index in [9.17, 15) is 8.78 Å². The van der Waals surface area contributed by atoms with Gasteiger partial charge in [0.25, 0.3) is 0 Å². The lowest BCUT2D eigenvalue weighted by atomic mass is 10.3. The fourth-order valence-electron chi connectivity index (χ4n) is 1.62. The lowest BCUT2D eigenvalue weighted by Crippen LogP contribution is -2.02. The van der Waals surface area contributed by atoms with Gasteiger partial charge in [0.1, 0.15) is 18.2 Å². The molecule has 0 saturated heterocycles. The smallest absolute Gasteiger partial charge is 0.169 e. The Bertz CT molecular complexity index is 567. The van der Waals surface area contributed by atoms with E-state index in [4.69, 9.17) is 4.74 Å². The Labute approximate surface area is 124 Å². The van der Waals surface area contributed by atoms with Crippen molar-refractivity contribution in [2.24, 2.45) is 0 Å². The molecule has 2 rings (SSSR count). The summed E-state index contributed by atoms with van der Waals surface area (Å²) in [5, 5.41) is 3.07. The highest BCUT2D eigenvalue weighted by Gasteiger charge is 2.11. The molecule has 0 atom stereocenters. The summed E-state index contributed by atoms with van der Waals surface area (Å²) in [5.74, 6) is -0.639. The normalized spacial score (nSPS) is 10.4. The highest BCUT2D eigenvalue weighted by molar-refractivity contribution is 9.10. The maximum absolute atomic E-state index is 13.6. The van der Waals surface area contributed by atoms with Gasteiger partial charge < -0.3 is 10.1 Å². The summed E-state index contributed by atoms with van der Waals surface area (Å²) >= 11 is 3.07. The molecule has 20 heavy (non-hydrogen) atoms. The molecule has 0 saturated carbocycles. The van der Waals surface area contributed by atoms with Gasteiger partial charge in [-0.3, -0.25) is 0 Å². The summed E-state index contributed by atoms with van der Waals surface area (Å²) in [6.45, 7) is 2.92. The number of halogens is 3. The van der Waals surface area contributed by atoms with Gasteiger partial charge in [0.15, 0.2) is 11.6 Å². The molecule has 0 spiro atoms. The van der Waals surface area contributed by atoms with E-state index in [0.717, 1.165) is 30.1 Å². The predicted molar refractivity (Wildman–Crippen MR) is 76.8 cm³/mol. The Morgan fingerprint density at radius 2 is 2.10 bits per heavy atom. The van der Waals surface area contributed by atoms with Gasteiger partial charge >= 0.3 is 0 Å². The minimum atomic E-state index is -0.742. The molecule has 106 valence electrons. The average molecular weight is 343 g/mol. The summed E-state index contributed by atoms with van der Waals surface area (Å²) in [6, 6.07) is 5.59. The van der Waals surface area contributed by atoms with E-state index >= 15 is 0 Å². The number of rotatable bonds is 5. The number of ether oxygens (including phenoxy) is 1. The van der Waals surface area contributed by atoms with E-state index in [0.29, 0.717) is 0 Å². The highest BCUT2D eigenvalue weighted by Crippen LogP contribution is 2.29. The van der Waals surface area contributed by atoms with Crippen LogP contribution in [0.5, 0.6) is 5.75 Å². The van der Waals surface area contributed by atoms with Crippen molar-refractivity contribution in [1.82, 2.24) is 4.98 Å². The van der Waals surface area contributed by atoms with Crippen LogP contribution in [0.4, 0.5) is 14.6 Å². The van der Waals surface area contributed by atoms with Gasteiger partial charge in [-0.25, -0.2) is 13.8 Å². The lowest BCUT2D eigenvalue weighted by molar-refractivity contribution is 0.287. The summed E-state index contributed by atoms with van der Waals surface area (Å²) in [6.07, 6.45) is 1.65. The number of nitrogens with one attached hydrogen (secondary N) is 1. The van der Waals surface area contributed by atoms with Crippen LogP contribution in [0, 0.1) is 11.6 Å². The average Bonchev–Trinajstić information content (AvgIpc) is 2.39. The summed E-state index contributed by atoms with van der Waals surface area (Å²) < 4.78 is 32.1. The van der Waals surface area contributed by atoms with Crippen molar-refractivity contribution >= 4 is 21.7 Å². The van der Waals surface area contributed by atoms with Gasteiger partial charge in [-0.1, -0.05) is 6.07 Å². The molecule has 3 nitrogen and oxygen atoms in total. The van der Waals surface area contributed by atoms with Crippen molar-refractivity contribution in [2.45, 2.75) is 13.5 Å². The van der Waals surface area contributed by atoms with Gasteiger partial charge in [0.2, 0.25) is 0 Å². The first kappa shape index (κ1) is 14.7. The van der Waals surface area contributed by atoms with Crippen LogP contribution >= 0.6 is 15.9 Å². The standard InChI is InChI=1S/C14H13BrF2N2O/c1-2-18-13-4-3-9(7-19-13)8-20-14-11(15)5-10(16)6-12(14)17/h3-7H,2,8H2,1H3,(H,18,19). The second-order valence-electron chi connectivity index (χ2n) is 4.07. The fourth-order valence-corrected chi connectivity index (χ4v) is 2.14. The van der Waals surface area contributed by atoms with Gasteiger partial charge in [-0.2, -0.15) is 0 Å². The molecule has 2 aromatic rings. The SMILES string of the molecule is CCNc1ccc(COc2c(F)cc(F)cc2Br)cn1. The Balaban J connectivity index is 2.05. The molecule has 0 aliphatic rings. The van der Waals surface area contributed by atoms with Crippen LogP contribution < -0.4 is 10.1 Å². The van der Waals surface area contributed by atoms with Crippen LogP contribution in [0.25, 0.3) is 0 Å². The van der Waals surface area contributed by atoms with E-state index in [1.165, 1.54) is 0 Å². The molecular weight excluding hydrogens is 330 g/mol. The van der Waals surface area contributed by atoms with Crippen molar-refractivity contribution in [2.75, 3.05) is 11.9 Å². The molecule has 0 aliphatic carbocycles.